The molecule has 132 valence electrons. The fourth-order valence-electron chi connectivity index (χ4n) is 3.48. The molecule has 0 bridgehead atoms. The van der Waals surface area contributed by atoms with E-state index >= 15 is 0 Å². The van der Waals surface area contributed by atoms with E-state index in [2.05, 4.69) is 12.2 Å². The first-order valence-electron chi connectivity index (χ1n) is 8.59. The van der Waals surface area contributed by atoms with Gasteiger partial charge < -0.3 is 10.2 Å². The molecule has 0 aromatic heterocycles. The monoisotopic (exact) mass is 351 g/mol. The topological polar surface area (TPSA) is 69.7 Å². The first-order valence-corrected chi connectivity index (χ1v) is 10.0. The molecule has 2 unspecified atom stereocenters. The van der Waals surface area contributed by atoms with Crippen LogP contribution in [0.5, 0.6) is 0 Å². The lowest BCUT2D eigenvalue weighted by atomic mass is 10.1. The zero-order chi connectivity index (χ0) is 17.2. The zero-order valence-electron chi connectivity index (χ0n) is 14.0. The van der Waals surface area contributed by atoms with E-state index in [1.54, 1.807) is 35.2 Å². The van der Waals surface area contributed by atoms with Crippen molar-refractivity contribution in [3.8, 4) is 0 Å². The van der Waals surface area contributed by atoms with Crippen molar-refractivity contribution < 1.29 is 13.2 Å². The molecule has 2 atom stereocenters. The predicted molar refractivity (Wildman–Crippen MR) is 92.1 cm³/mol. The standard InChI is InChI=1S/C17H25N3O3S/c1-14-6-5-9-16(14)18-17(21)19-10-12-20(13-11-19)24(22,23)15-7-3-2-4-8-15/h2-4,7-8,14,16H,5-6,9-13H2,1H3,(H,18,21). The third-order valence-corrected chi connectivity index (χ3v) is 6.99. The van der Waals surface area contributed by atoms with Gasteiger partial charge in [0.05, 0.1) is 4.90 Å². The third-order valence-electron chi connectivity index (χ3n) is 5.08. The van der Waals surface area contributed by atoms with Gasteiger partial charge in [-0.3, -0.25) is 0 Å². The highest BCUT2D eigenvalue weighted by Gasteiger charge is 2.32. The van der Waals surface area contributed by atoms with E-state index in [-0.39, 0.29) is 12.1 Å². The minimum atomic E-state index is -3.47. The van der Waals surface area contributed by atoms with Crippen LogP contribution in [-0.4, -0.2) is 55.9 Å². The van der Waals surface area contributed by atoms with Crippen LogP contribution in [0.15, 0.2) is 35.2 Å². The molecule has 1 N–H and O–H groups in total. The summed E-state index contributed by atoms with van der Waals surface area (Å²) in [7, 11) is -3.47. The highest BCUT2D eigenvalue weighted by Crippen LogP contribution is 2.25. The number of nitrogens with zero attached hydrogens (tertiary/aromatic N) is 2. The summed E-state index contributed by atoms with van der Waals surface area (Å²) in [6.07, 6.45) is 3.36. The summed E-state index contributed by atoms with van der Waals surface area (Å²) in [5.74, 6) is 0.522. The van der Waals surface area contributed by atoms with Crippen molar-refractivity contribution >= 4 is 16.1 Å². The van der Waals surface area contributed by atoms with Crippen LogP contribution in [0.1, 0.15) is 26.2 Å². The van der Waals surface area contributed by atoms with Gasteiger partial charge in [-0.25, -0.2) is 13.2 Å². The van der Waals surface area contributed by atoms with Crippen molar-refractivity contribution in [3.63, 3.8) is 0 Å². The van der Waals surface area contributed by atoms with E-state index in [1.807, 2.05) is 0 Å². The Labute approximate surface area is 143 Å². The summed E-state index contributed by atoms with van der Waals surface area (Å²) < 4.78 is 26.6. The predicted octanol–water partition coefficient (Wildman–Crippen LogP) is 1.89. The maximum atomic E-state index is 12.6. The average molecular weight is 351 g/mol. The Balaban J connectivity index is 1.56. The van der Waals surface area contributed by atoms with Crippen molar-refractivity contribution in [1.82, 2.24) is 14.5 Å². The molecule has 1 aromatic rings. The quantitative estimate of drug-likeness (QED) is 0.904. The van der Waals surface area contributed by atoms with E-state index in [0.717, 1.165) is 19.3 Å². The van der Waals surface area contributed by atoms with Gasteiger partial charge in [0.15, 0.2) is 0 Å². The molecule has 2 amide bonds. The van der Waals surface area contributed by atoms with Crippen molar-refractivity contribution in [1.29, 1.82) is 0 Å². The van der Waals surface area contributed by atoms with Crippen LogP contribution in [-0.2, 0) is 10.0 Å². The van der Waals surface area contributed by atoms with Crippen LogP contribution in [0.3, 0.4) is 0 Å². The van der Waals surface area contributed by atoms with Gasteiger partial charge in [0.1, 0.15) is 0 Å². The van der Waals surface area contributed by atoms with Crippen LogP contribution in [0.2, 0.25) is 0 Å². The molecule has 2 fully saturated rings. The maximum absolute atomic E-state index is 12.6. The highest BCUT2D eigenvalue weighted by atomic mass is 32.2. The van der Waals surface area contributed by atoms with Crippen LogP contribution in [0, 0.1) is 5.92 Å². The minimum Gasteiger partial charge on any atom is -0.335 e. The Morgan fingerprint density at radius 2 is 1.75 bits per heavy atom. The van der Waals surface area contributed by atoms with E-state index < -0.39 is 10.0 Å². The number of benzene rings is 1. The SMILES string of the molecule is CC1CCCC1NC(=O)N1CCN(S(=O)(=O)c2ccccc2)CC1. The summed E-state index contributed by atoms with van der Waals surface area (Å²) in [6.45, 7) is 3.70. The van der Waals surface area contributed by atoms with Gasteiger partial charge in [-0.05, 0) is 30.9 Å². The number of sulfonamides is 1. The average Bonchev–Trinajstić information content (AvgIpc) is 3.00. The lowest BCUT2D eigenvalue weighted by Crippen LogP contribution is -2.54. The van der Waals surface area contributed by atoms with E-state index in [0.29, 0.717) is 37.0 Å². The normalized spacial score (nSPS) is 25.6. The number of hydrogen-bond donors (Lipinski definition) is 1. The summed E-state index contributed by atoms with van der Waals surface area (Å²) in [6, 6.07) is 8.64. The van der Waals surface area contributed by atoms with Crippen molar-refractivity contribution in [2.75, 3.05) is 26.2 Å². The van der Waals surface area contributed by atoms with Gasteiger partial charge >= 0.3 is 6.03 Å². The Morgan fingerprint density at radius 1 is 1.08 bits per heavy atom. The Bertz CT molecular complexity index is 670. The molecular weight excluding hydrogens is 326 g/mol. The number of rotatable bonds is 3. The molecule has 1 saturated heterocycles. The molecule has 1 aliphatic heterocycles. The highest BCUT2D eigenvalue weighted by molar-refractivity contribution is 7.89. The smallest absolute Gasteiger partial charge is 0.317 e. The van der Waals surface area contributed by atoms with Gasteiger partial charge in [0, 0.05) is 32.2 Å². The molecule has 0 spiro atoms. The van der Waals surface area contributed by atoms with E-state index in [1.165, 1.54) is 4.31 Å². The van der Waals surface area contributed by atoms with Crippen LogP contribution in [0.25, 0.3) is 0 Å². The molecule has 7 heteroatoms. The third kappa shape index (κ3) is 3.57. The lowest BCUT2D eigenvalue weighted by Gasteiger charge is -2.35. The molecule has 0 radical (unpaired) electrons. The Morgan fingerprint density at radius 3 is 2.33 bits per heavy atom. The molecule has 6 nitrogen and oxygen atoms in total. The van der Waals surface area contributed by atoms with Crippen LogP contribution >= 0.6 is 0 Å². The number of carbonyl (C=O) groups is 1. The van der Waals surface area contributed by atoms with E-state index in [9.17, 15) is 13.2 Å². The minimum absolute atomic E-state index is 0.0643. The molecular formula is C17H25N3O3S. The van der Waals surface area contributed by atoms with Gasteiger partial charge in [0.2, 0.25) is 10.0 Å². The van der Waals surface area contributed by atoms with Crippen LogP contribution in [0.4, 0.5) is 4.79 Å². The number of nitrogens with one attached hydrogen (secondary N) is 1. The fourth-order valence-corrected chi connectivity index (χ4v) is 4.93. The first-order chi connectivity index (χ1) is 11.5. The second kappa shape index (κ2) is 7.11. The van der Waals surface area contributed by atoms with Crippen molar-refractivity contribution in [2.24, 2.45) is 5.92 Å². The summed E-state index contributed by atoms with van der Waals surface area (Å²) in [4.78, 5) is 14.4. The Hall–Kier alpha value is -1.60. The number of piperazine rings is 1. The second-order valence-electron chi connectivity index (χ2n) is 6.67. The molecule has 2 aliphatic rings. The first kappa shape index (κ1) is 17.2. The van der Waals surface area contributed by atoms with Gasteiger partial charge in [0.25, 0.3) is 0 Å². The largest absolute Gasteiger partial charge is 0.335 e. The molecule has 1 heterocycles. The van der Waals surface area contributed by atoms with Crippen molar-refractivity contribution in [3.05, 3.63) is 30.3 Å². The lowest BCUT2D eigenvalue weighted by molar-refractivity contribution is 0.167. The van der Waals surface area contributed by atoms with Crippen LogP contribution < -0.4 is 5.32 Å². The number of amides is 2. The molecule has 1 aromatic carbocycles. The Kier molecular flexibility index (Phi) is 5.10. The second-order valence-corrected chi connectivity index (χ2v) is 8.61. The summed E-state index contributed by atoms with van der Waals surface area (Å²) in [5.41, 5.74) is 0. The van der Waals surface area contributed by atoms with Crippen molar-refractivity contribution in [2.45, 2.75) is 37.1 Å². The fraction of sp³-hybridized carbons (Fsp3) is 0.588. The molecule has 3 rings (SSSR count). The maximum Gasteiger partial charge on any atom is 0.317 e. The van der Waals surface area contributed by atoms with E-state index in [4.69, 9.17) is 0 Å². The van der Waals surface area contributed by atoms with Gasteiger partial charge in [-0.2, -0.15) is 4.31 Å². The molecule has 1 saturated carbocycles. The number of carbonyl (C=O) groups excluding carboxylic acids is 1. The summed E-state index contributed by atoms with van der Waals surface area (Å²) in [5, 5.41) is 3.10. The molecule has 24 heavy (non-hydrogen) atoms. The summed E-state index contributed by atoms with van der Waals surface area (Å²) >= 11 is 0. The van der Waals surface area contributed by atoms with Gasteiger partial charge in [-0.15, -0.1) is 0 Å². The van der Waals surface area contributed by atoms with Gasteiger partial charge in [-0.1, -0.05) is 31.5 Å². The number of hydrogen-bond acceptors (Lipinski definition) is 3. The number of urea groups is 1. The zero-order valence-corrected chi connectivity index (χ0v) is 14.8. The molecule has 1 aliphatic carbocycles.